The predicted octanol–water partition coefficient (Wildman–Crippen LogP) is 10.7. The Morgan fingerprint density at radius 2 is 1.60 bits per heavy atom. The lowest BCUT2D eigenvalue weighted by molar-refractivity contribution is -0.129. The van der Waals surface area contributed by atoms with Gasteiger partial charge in [0.15, 0.2) is 5.78 Å². The number of fused-ring (bicyclic) bond motifs is 1. The van der Waals surface area contributed by atoms with Gasteiger partial charge in [0.1, 0.15) is 11.6 Å². The number of ketones is 3. The summed E-state index contributed by atoms with van der Waals surface area (Å²) in [5.41, 5.74) is 8.28. The molecule has 0 heterocycles. The second-order valence-electron chi connectivity index (χ2n) is 13.0. The molecular weight excluding hydrogens is 516 g/mol. The maximum Gasteiger partial charge on any atom is 0.163 e. The number of hydrogen-bond acceptors (Lipinski definition) is 3. The van der Waals surface area contributed by atoms with Crippen molar-refractivity contribution < 1.29 is 14.4 Å². The molecule has 3 unspecified atom stereocenters. The minimum atomic E-state index is -0.0978. The van der Waals surface area contributed by atoms with Crippen LogP contribution in [0.3, 0.4) is 0 Å². The third-order valence-electron chi connectivity index (χ3n) is 8.82. The molecule has 0 aromatic heterocycles. The van der Waals surface area contributed by atoms with Crippen molar-refractivity contribution >= 4 is 17.3 Å². The molecule has 1 aliphatic carbocycles. The monoisotopic (exact) mass is 574 g/mol. The average Bonchev–Trinajstić information content (AvgIpc) is 2.92. The molecule has 42 heavy (non-hydrogen) atoms. The van der Waals surface area contributed by atoms with Crippen molar-refractivity contribution in [3.8, 4) is 11.1 Å². The summed E-state index contributed by atoms with van der Waals surface area (Å²) in [6.07, 6.45) is 9.81. The van der Waals surface area contributed by atoms with Crippen molar-refractivity contribution in [2.45, 2.75) is 139 Å². The Hall–Kier alpha value is -2.55. The normalized spacial score (nSPS) is 16.0. The van der Waals surface area contributed by atoms with Crippen molar-refractivity contribution in [3.63, 3.8) is 0 Å². The van der Waals surface area contributed by atoms with Crippen LogP contribution >= 0.6 is 0 Å². The molecule has 0 spiro atoms. The molecule has 0 N–H and O–H groups in total. The Morgan fingerprint density at radius 3 is 2.12 bits per heavy atom. The first-order chi connectivity index (χ1) is 20.0. The molecule has 0 aliphatic heterocycles. The van der Waals surface area contributed by atoms with Gasteiger partial charge in [0, 0.05) is 17.9 Å². The maximum atomic E-state index is 13.8. The molecule has 0 fully saturated rings. The third-order valence-corrected chi connectivity index (χ3v) is 8.82. The SMILES string of the molecule is CCC.CCCCc1ccc(-c2cc(C(C)C)c3c(c2C)C(=O)CC(CC(CCC)C(CC)C(=O)CC(C)=O)C3)cc1. The van der Waals surface area contributed by atoms with Gasteiger partial charge in [-0.3, -0.25) is 14.4 Å². The van der Waals surface area contributed by atoms with E-state index in [9.17, 15) is 14.4 Å². The lowest BCUT2D eigenvalue weighted by Crippen LogP contribution is -2.30. The summed E-state index contributed by atoms with van der Waals surface area (Å²) < 4.78 is 0. The van der Waals surface area contributed by atoms with Crippen molar-refractivity contribution in [2.75, 3.05) is 0 Å². The second kappa shape index (κ2) is 17.5. The molecule has 0 saturated carbocycles. The van der Waals surface area contributed by atoms with Gasteiger partial charge in [-0.15, -0.1) is 0 Å². The van der Waals surface area contributed by atoms with E-state index in [1.54, 1.807) is 0 Å². The zero-order valence-corrected chi connectivity index (χ0v) is 28.2. The number of carbonyl (C=O) groups excluding carboxylic acids is 3. The Labute approximate surface area is 257 Å². The second-order valence-corrected chi connectivity index (χ2v) is 13.0. The first-order valence-corrected chi connectivity index (χ1v) is 16.8. The van der Waals surface area contributed by atoms with Gasteiger partial charge in [0.25, 0.3) is 0 Å². The van der Waals surface area contributed by atoms with Crippen LogP contribution in [0, 0.1) is 24.7 Å². The minimum Gasteiger partial charge on any atom is -0.300 e. The lowest BCUT2D eigenvalue weighted by atomic mass is 9.70. The summed E-state index contributed by atoms with van der Waals surface area (Å²) in [4.78, 5) is 38.4. The highest BCUT2D eigenvalue weighted by atomic mass is 16.1. The summed E-state index contributed by atoms with van der Waals surface area (Å²) in [5, 5.41) is 0. The molecule has 0 amide bonds. The van der Waals surface area contributed by atoms with Crippen LogP contribution in [0.25, 0.3) is 11.1 Å². The smallest absolute Gasteiger partial charge is 0.163 e. The third kappa shape index (κ3) is 9.48. The highest BCUT2D eigenvalue weighted by molar-refractivity contribution is 6.02. The van der Waals surface area contributed by atoms with Crippen LogP contribution in [0.5, 0.6) is 0 Å². The Balaban J connectivity index is 0.00000197. The van der Waals surface area contributed by atoms with Crippen molar-refractivity contribution in [2.24, 2.45) is 17.8 Å². The summed E-state index contributed by atoms with van der Waals surface area (Å²) >= 11 is 0. The maximum absolute atomic E-state index is 13.8. The zero-order chi connectivity index (χ0) is 31.4. The van der Waals surface area contributed by atoms with E-state index in [1.807, 2.05) is 0 Å². The average molecular weight is 575 g/mol. The summed E-state index contributed by atoms with van der Waals surface area (Å²) in [6, 6.07) is 11.3. The number of hydrogen-bond donors (Lipinski definition) is 0. The number of carbonyl (C=O) groups is 3. The van der Waals surface area contributed by atoms with Crippen LogP contribution in [0.4, 0.5) is 0 Å². The van der Waals surface area contributed by atoms with Gasteiger partial charge >= 0.3 is 0 Å². The van der Waals surface area contributed by atoms with Crippen LogP contribution in [0.15, 0.2) is 30.3 Å². The van der Waals surface area contributed by atoms with Gasteiger partial charge in [0.05, 0.1) is 6.42 Å². The molecule has 3 rings (SSSR count). The topological polar surface area (TPSA) is 51.2 Å². The fourth-order valence-electron chi connectivity index (χ4n) is 6.87. The van der Waals surface area contributed by atoms with Gasteiger partial charge in [0.2, 0.25) is 0 Å². The van der Waals surface area contributed by atoms with E-state index < -0.39 is 0 Å². The highest BCUT2D eigenvalue weighted by Crippen LogP contribution is 2.42. The lowest BCUT2D eigenvalue weighted by Gasteiger charge is -2.33. The Bertz CT molecular complexity index is 1170. The van der Waals surface area contributed by atoms with E-state index in [0.29, 0.717) is 12.3 Å². The fourth-order valence-corrected chi connectivity index (χ4v) is 6.87. The molecule has 2 aromatic carbocycles. The minimum absolute atomic E-state index is 0.0319. The largest absolute Gasteiger partial charge is 0.300 e. The van der Waals surface area contributed by atoms with Crippen molar-refractivity contribution in [1.82, 2.24) is 0 Å². The van der Waals surface area contributed by atoms with E-state index in [4.69, 9.17) is 0 Å². The van der Waals surface area contributed by atoms with E-state index in [1.165, 1.54) is 54.0 Å². The predicted molar refractivity (Wildman–Crippen MR) is 179 cm³/mol. The first kappa shape index (κ1) is 35.6. The summed E-state index contributed by atoms with van der Waals surface area (Å²) in [6.45, 7) is 18.8. The molecule has 0 radical (unpaired) electrons. The number of unbranched alkanes of at least 4 members (excludes halogenated alkanes) is 1. The fraction of sp³-hybridized carbons (Fsp3) is 0.615. The Kier molecular flexibility index (Phi) is 14.9. The zero-order valence-electron chi connectivity index (χ0n) is 28.2. The van der Waals surface area contributed by atoms with Crippen molar-refractivity contribution in [3.05, 3.63) is 58.1 Å². The molecule has 3 nitrogen and oxygen atoms in total. The summed E-state index contributed by atoms with van der Waals surface area (Å²) in [5.74, 6) is 0.954. The van der Waals surface area contributed by atoms with Crippen LogP contribution in [-0.4, -0.2) is 17.3 Å². The van der Waals surface area contributed by atoms with Crippen LogP contribution in [0.1, 0.15) is 152 Å². The quantitative estimate of drug-likeness (QED) is 0.211. The molecule has 3 atom stereocenters. The van der Waals surface area contributed by atoms with Crippen LogP contribution < -0.4 is 0 Å². The molecule has 2 aromatic rings. The van der Waals surface area contributed by atoms with E-state index in [2.05, 4.69) is 85.7 Å². The van der Waals surface area contributed by atoms with E-state index in [-0.39, 0.29) is 41.5 Å². The molecule has 0 saturated heterocycles. The number of benzene rings is 2. The van der Waals surface area contributed by atoms with E-state index >= 15 is 0 Å². The summed E-state index contributed by atoms with van der Waals surface area (Å²) in [7, 11) is 0. The van der Waals surface area contributed by atoms with Crippen LogP contribution in [-0.2, 0) is 22.4 Å². The Morgan fingerprint density at radius 1 is 0.952 bits per heavy atom. The standard InChI is InChI=1S/C36H50O3.C3H8/c1-8-11-13-26-14-16-28(17-15-26)32-22-31(23(4)5)33-20-27(21-35(39)36(33)25(32)7)19-29(12-9-2)30(10-3)34(38)18-24(6)37;1-3-2/h14-17,22-23,27,29-30H,8-13,18-21H2,1-7H3;3H2,1-2H3. The number of rotatable bonds is 14. The first-order valence-electron chi connectivity index (χ1n) is 16.8. The molecular formula is C39H58O3. The molecule has 1 aliphatic rings. The number of aryl methyl sites for hydroxylation is 1. The van der Waals surface area contributed by atoms with Gasteiger partial charge in [-0.05, 0) is 97.1 Å². The van der Waals surface area contributed by atoms with Crippen LogP contribution in [0.2, 0.25) is 0 Å². The molecule has 3 heteroatoms. The van der Waals surface area contributed by atoms with Gasteiger partial charge in [-0.1, -0.05) is 104 Å². The van der Waals surface area contributed by atoms with Gasteiger partial charge in [-0.2, -0.15) is 0 Å². The molecule has 0 bridgehead atoms. The molecule has 232 valence electrons. The highest BCUT2D eigenvalue weighted by Gasteiger charge is 2.34. The van der Waals surface area contributed by atoms with E-state index in [0.717, 1.165) is 49.7 Å². The number of Topliss-reactive ketones (excluding diaryl/α,β-unsaturated/α-hetero) is 3. The van der Waals surface area contributed by atoms with Gasteiger partial charge < -0.3 is 0 Å². The van der Waals surface area contributed by atoms with Crippen molar-refractivity contribution in [1.29, 1.82) is 0 Å². The van der Waals surface area contributed by atoms with Gasteiger partial charge in [-0.25, -0.2) is 0 Å².